The van der Waals surface area contributed by atoms with Gasteiger partial charge in [-0.1, -0.05) is 36.4 Å². The SMILES string of the molecule is C=CCCC(NC(=O)N1CCS(=O)(=O)CC1)c1ccccc1. The summed E-state index contributed by atoms with van der Waals surface area (Å²) in [5.74, 6) is 0.0894. The van der Waals surface area contributed by atoms with Crippen LogP contribution in [0.25, 0.3) is 0 Å². The minimum absolute atomic E-state index is 0.0447. The molecular weight excluding hydrogens is 300 g/mol. The first kappa shape index (κ1) is 16.5. The molecule has 1 aliphatic rings. The molecule has 6 heteroatoms. The van der Waals surface area contributed by atoms with E-state index < -0.39 is 9.84 Å². The third-order valence-corrected chi connectivity index (χ3v) is 5.40. The van der Waals surface area contributed by atoms with Crippen LogP contribution in [-0.4, -0.2) is 43.9 Å². The lowest BCUT2D eigenvalue weighted by molar-refractivity contribution is 0.197. The van der Waals surface area contributed by atoms with Crippen molar-refractivity contribution in [1.82, 2.24) is 10.2 Å². The van der Waals surface area contributed by atoms with E-state index in [-0.39, 0.29) is 36.7 Å². The van der Waals surface area contributed by atoms with Crippen LogP contribution in [0.1, 0.15) is 24.4 Å². The van der Waals surface area contributed by atoms with Gasteiger partial charge in [-0.15, -0.1) is 6.58 Å². The van der Waals surface area contributed by atoms with Crippen molar-refractivity contribution in [2.45, 2.75) is 18.9 Å². The molecule has 1 aliphatic heterocycles. The van der Waals surface area contributed by atoms with E-state index in [4.69, 9.17) is 0 Å². The van der Waals surface area contributed by atoms with Crippen LogP contribution in [0.5, 0.6) is 0 Å². The normalized spacial score (nSPS) is 18.5. The average Bonchev–Trinajstić information content (AvgIpc) is 2.52. The Morgan fingerprint density at radius 3 is 2.50 bits per heavy atom. The van der Waals surface area contributed by atoms with Gasteiger partial charge in [-0.3, -0.25) is 0 Å². The second-order valence-electron chi connectivity index (χ2n) is 5.42. The smallest absolute Gasteiger partial charge is 0.317 e. The van der Waals surface area contributed by atoms with Gasteiger partial charge in [-0.2, -0.15) is 0 Å². The number of carbonyl (C=O) groups is 1. The number of sulfone groups is 1. The van der Waals surface area contributed by atoms with E-state index in [1.54, 1.807) is 4.90 Å². The summed E-state index contributed by atoms with van der Waals surface area (Å²) in [5.41, 5.74) is 1.04. The van der Waals surface area contributed by atoms with Gasteiger partial charge in [0.25, 0.3) is 0 Å². The molecule has 1 N–H and O–H groups in total. The van der Waals surface area contributed by atoms with E-state index in [0.29, 0.717) is 0 Å². The Kier molecular flexibility index (Phi) is 5.60. The third kappa shape index (κ3) is 4.59. The fourth-order valence-electron chi connectivity index (χ4n) is 2.45. The number of carbonyl (C=O) groups excluding carboxylic acids is 1. The molecule has 120 valence electrons. The number of urea groups is 1. The number of hydrogen-bond donors (Lipinski definition) is 1. The van der Waals surface area contributed by atoms with Crippen LogP contribution in [0.2, 0.25) is 0 Å². The Balaban J connectivity index is 2.00. The summed E-state index contributed by atoms with van der Waals surface area (Å²) in [6.07, 6.45) is 3.40. The van der Waals surface area contributed by atoms with Crippen LogP contribution in [0.4, 0.5) is 4.79 Å². The Labute approximate surface area is 131 Å². The van der Waals surface area contributed by atoms with Gasteiger partial charge in [-0.05, 0) is 18.4 Å². The van der Waals surface area contributed by atoms with Gasteiger partial charge in [-0.25, -0.2) is 13.2 Å². The van der Waals surface area contributed by atoms with Gasteiger partial charge in [0.05, 0.1) is 17.5 Å². The lowest BCUT2D eigenvalue weighted by atomic mass is 10.0. The van der Waals surface area contributed by atoms with Crippen LogP contribution in [0.3, 0.4) is 0 Å². The second kappa shape index (κ2) is 7.45. The van der Waals surface area contributed by atoms with E-state index in [0.717, 1.165) is 18.4 Å². The van der Waals surface area contributed by atoms with Crippen LogP contribution >= 0.6 is 0 Å². The van der Waals surface area contributed by atoms with Crippen molar-refractivity contribution in [1.29, 1.82) is 0 Å². The van der Waals surface area contributed by atoms with E-state index in [2.05, 4.69) is 11.9 Å². The number of rotatable bonds is 5. The minimum atomic E-state index is -2.98. The number of allylic oxidation sites excluding steroid dienone is 1. The standard InChI is InChI=1S/C16H22N2O3S/c1-2-3-9-15(14-7-5-4-6-8-14)17-16(19)18-10-12-22(20,21)13-11-18/h2,4-8,15H,1,3,9-13H2,(H,17,19). The summed E-state index contributed by atoms with van der Waals surface area (Å²) in [6.45, 7) is 4.24. The zero-order chi connectivity index (χ0) is 16.0. The topological polar surface area (TPSA) is 66.5 Å². The second-order valence-corrected chi connectivity index (χ2v) is 7.72. The number of amides is 2. The number of nitrogens with zero attached hydrogens (tertiary/aromatic N) is 1. The average molecular weight is 322 g/mol. The Morgan fingerprint density at radius 1 is 1.27 bits per heavy atom. The first-order valence-electron chi connectivity index (χ1n) is 7.43. The Hall–Kier alpha value is -1.82. The van der Waals surface area contributed by atoms with Gasteiger partial charge in [0, 0.05) is 13.1 Å². The number of benzene rings is 1. The first-order chi connectivity index (χ1) is 10.5. The summed E-state index contributed by atoms with van der Waals surface area (Å²) in [6, 6.07) is 9.48. The molecule has 1 unspecified atom stereocenters. The molecule has 1 heterocycles. The van der Waals surface area contributed by atoms with Crippen molar-refractivity contribution in [3.05, 3.63) is 48.6 Å². The monoisotopic (exact) mass is 322 g/mol. The van der Waals surface area contributed by atoms with E-state index >= 15 is 0 Å². The van der Waals surface area contributed by atoms with Crippen LogP contribution < -0.4 is 5.32 Å². The molecule has 2 rings (SSSR count). The predicted molar refractivity (Wildman–Crippen MR) is 87.4 cm³/mol. The summed E-state index contributed by atoms with van der Waals surface area (Å²) in [7, 11) is -2.98. The van der Waals surface area contributed by atoms with Crippen molar-refractivity contribution in [3.63, 3.8) is 0 Å². The molecule has 0 aromatic heterocycles. The highest BCUT2D eigenvalue weighted by Crippen LogP contribution is 2.19. The molecule has 2 amide bonds. The highest BCUT2D eigenvalue weighted by molar-refractivity contribution is 7.91. The predicted octanol–water partition coefficient (Wildman–Crippen LogP) is 2.13. The van der Waals surface area contributed by atoms with E-state index in [1.807, 2.05) is 36.4 Å². The van der Waals surface area contributed by atoms with Gasteiger partial charge in [0.2, 0.25) is 0 Å². The Bertz CT molecular complexity index is 600. The quantitative estimate of drug-likeness (QED) is 0.845. The number of hydrogen-bond acceptors (Lipinski definition) is 3. The summed E-state index contributed by atoms with van der Waals surface area (Å²) < 4.78 is 22.9. The van der Waals surface area contributed by atoms with E-state index in [9.17, 15) is 13.2 Å². The summed E-state index contributed by atoms with van der Waals surface area (Å²) in [4.78, 5) is 13.9. The van der Waals surface area contributed by atoms with Crippen molar-refractivity contribution in [3.8, 4) is 0 Å². The molecule has 0 saturated carbocycles. The zero-order valence-electron chi connectivity index (χ0n) is 12.6. The maximum Gasteiger partial charge on any atom is 0.317 e. The highest BCUT2D eigenvalue weighted by Gasteiger charge is 2.26. The Morgan fingerprint density at radius 2 is 1.91 bits per heavy atom. The largest absolute Gasteiger partial charge is 0.331 e. The molecule has 0 radical (unpaired) electrons. The molecule has 1 saturated heterocycles. The third-order valence-electron chi connectivity index (χ3n) is 3.79. The molecule has 0 spiro atoms. The van der Waals surface area contributed by atoms with E-state index in [1.165, 1.54) is 0 Å². The molecule has 1 aromatic rings. The zero-order valence-corrected chi connectivity index (χ0v) is 13.4. The fraction of sp³-hybridized carbons (Fsp3) is 0.438. The van der Waals surface area contributed by atoms with Crippen LogP contribution in [0.15, 0.2) is 43.0 Å². The first-order valence-corrected chi connectivity index (χ1v) is 9.26. The van der Waals surface area contributed by atoms with Crippen molar-refractivity contribution in [2.75, 3.05) is 24.6 Å². The summed E-state index contributed by atoms with van der Waals surface area (Å²) in [5, 5.41) is 3.01. The fourth-order valence-corrected chi connectivity index (χ4v) is 3.65. The molecule has 0 bridgehead atoms. The van der Waals surface area contributed by atoms with Crippen LogP contribution in [-0.2, 0) is 9.84 Å². The molecule has 5 nitrogen and oxygen atoms in total. The van der Waals surface area contributed by atoms with Gasteiger partial charge >= 0.3 is 6.03 Å². The van der Waals surface area contributed by atoms with Crippen molar-refractivity contribution < 1.29 is 13.2 Å². The van der Waals surface area contributed by atoms with Crippen molar-refractivity contribution >= 4 is 15.9 Å². The van der Waals surface area contributed by atoms with Crippen molar-refractivity contribution in [2.24, 2.45) is 0 Å². The molecule has 1 fully saturated rings. The maximum absolute atomic E-state index is 12.4. The molecule has 1 atom stereocenters. The molecule has 0 aliphatic carbocycles. The maximum atomic E-state index is 12.4. The molecular formula is C16H22N2O3S. The van der Waals surface area contributed by atoms with Gasteiger partial charge in [0.1, 0.15) is 0 Å². The van der Waals surface area contributed by atoms with Gasteiger partial charge < -0.3 is 10.2 Å². The van der Waals surface area contributed by atoms with Gasteiger partial charge in [0.15, 0.2) is 9.84 Å². The minimum Gasteiger partial charge on any atom is -0.331 e. The highest BCUT2D eigenvalue weighted by atomic mass is 32.2. The lowest BCUT2D eigenvalue weighted by Crippen LogP contribution is -2.48. The lowest BCUT2D eigenvalue weighted by Gasteiger charge is -2.29. The molecule has 22 heavy (non-hydrogen) atoms. The van der Waals surface area contributed by atoms with Crippen LogP contribution in [0, 0.1) is 0 Å². The number of nitrogens with one attached hydrogen (secondary N) is 1. The summed E-state index contributed by atoms with van der Waals surface area (Å²) >= 11 is 0. The molecule has 1 aromatic carbocycles.